The van der Waals surface area contributed by atoms with Gasteiger partial charge in [0.05, 0.1) is 22.1 Å². The van der Waals surface area contributed by atoms with Gasteiger partial charge in [0.2, 0.25) is 5.43 Å². The van der Waals surface area contributed by atoms with Gasteiger partial charge in [-0.25, -0.2) is 4.83 Å². The Morgan fingerprint density at radius 2 is 1.73 bits per heavy atom. The molecular weight excluding hydrogens is 352 g/mol. The summed E-state index contributed by atoms with van der Waals surface area (Å²) in [6, 6.07) is 10.0. The Morgan fingerprint density at radius 1 is 1.04 bits per heavy atom. The Hall–Kier alpha value is -2.93. The molecule has 0 saturated carbocycles. The molecule has 0 bridgehead atoms. The van der Waals surface area contributed by atoms with Crippen LogP contribution in [0.4, 0.5) is 0 Å². The Bertz CT molecular complexity index is 1160. The van der Waals surface area contributed by atoms with Gasteiger partial charge in [-0.2, -0.15) is 13.5 Å². The van der Waals surface area contributed by atoms with Crippen molar-refractivity contribution in [2.75, 3.05) is 0 Å². The van der Waals surface area contributed by atoms with Crippen LogP contribution >= 0.6 is 0 Å². The fourth-order valence-electron chi connectivity index (χ4n) is 2.66. The molecule has 0 radical (unpaired) electrons. The van der Waals surface area contributed by atoms with E-state index in [0.717, 1.165) is 22.9 Å². The topological polar surface area (TPSA) is 88.7 Å². The Labute approximate surface area is 151 Å². The van der Waals surface area contributed by atoms with E-state index in [-0.39, 0.29) is 15.9 Å². The maximum atomic E-state index is 12.6. The molecule has 0 unspecified atom stereocenters. The summed E-state index contributed by atoms with van der Waals surface area (Å²) in [5.74, 6) is 0. The molecule has 0 spiro atoms. The molecule has 26 heavy (non-hydrogen) atoms. The van der Waals surface area contributed by atoms with E-state index < -0.39 is 10.0 Å². The second-order valence-electron chi connectivity index (χ2n) is 6.14. The number of rotatable bonds is 4. The van der Waals surface area contributed by atoms with Crippen molar-refractivity contribution in [3.8, 4) is 0 Å². The zero-order valence-corrected chi connectivity index (χ0v) is 15.4. The first-order valence-electron chi connectivity index (χ1n) is 7.92. The molecule has 2 aromatic carbocycles. The first-order chi connectivity index (χ1) is 12.3. The molecular formula is C19H18N2O4S. The summed E-state index contributed by atoms with van der Waals surface area (Å²) in [5.41, 5.74) is 3.13. The smallest absolute Gasteiger partial charge is 0.276 e. The van der Waals surface area contributed by atoms with Crippen LogP contribution < -0.4 is 10.3 Å². The van der Waals surface area contributed by atoms with Crippen LogP contribution in [0.3, 0.4) is 0 Å². The quantitative estimate of drug-likeness (QED) is 0.565. The third kappa shape index (κ3) is 3.52. The highest BCUT2D eigenvalue weighted by atomic mass is 32.2. The van der Waals surface area contributed by atoms with Crippen LogP contribution in [0.25, 0.3) is 11.0 Å². The number of hydrazone groups is 1. The molecule has 0 atom stereocenters. The van der Waals surface area contributed by atoms with Gasteiger partial charge in [-0.05, 0) is 50.1 Å². The second-order valence-corrected chi connectivity index (χ2v) is 7.80. The van der Waals surface area contributed by atoms with Crippen LogP contribution in [0.15, 0.2) is 61.9 Å². The summed E-state index contributed by atoms with van der Waals surface area (Å²) >= 11 is 0. The van der Waals surface area contributed by atoms with Gasteiger partial charge < -0.3 is 4.42 Å². The van der Waals surface area contributed by atoms with E-state index in [4.69, 9.17) is 4.42 Å². The molecule has 1 aromatic heterocycles. The molecule has 0 amide bonds. The van der Waals surface area contributed by atoms with Crippen molar-refractivity contribution >= 4 is 27.2 Å². The fourth-order valence-corrected chi connectivity index (χ4v) is 3.45. The predicted octanol–water partition coefficient (Wildman–Crippen LogP) is 3.03. The number of nitrogens with zero attached hydrogens (tertiary/aromatic N) is 1. The molecule has 1 heterocycles. The van der Waals surface area contributed by atoms with Gasteiger partial charge in [0.15, 0.2) is 0 Å². The van der Waals surface area contributed by atoms with Crippen molar-refractivity contribution in [3.05, 3.63) is 75.1 Å². The number of sulfonamides is 1. The number of nitrogens with one attached hydrogen (secondary N) is 1. The van der Waals surface area contributed by atoms with Crippen molar-refractivity contribution in [2.24, 2.45) is 5.10 Å². The van der Waals surface area contributed by atoms with Crippen molar-refractivity contribution in [2.45, 2.75) is 25.7 Å². The minimum atomic E-state index is -3.80. The molecule has 6 nitrogen and oxygen atoms in total. The summed E-state index contributed by atoms with van der Waals surface area (Å²) in [6.45, 7) is 5.61. The van der Waals surface area contributed by atoms with Gasteiger partial charge in [-0.15, -0.1) is 0 Å². The minimum absolute atomic E-state index is 0.0946. The van der Waals surface area contributed by atoms with Gasteiger partial charge in [-0.3, -0.25) is 4.79 Å². The van der Waals surface area contributed by atoms with Crippen LogP contribution in [0.1, 0.15) is 22.3 Å². The third-order valence-corrected chi connectivity index (χ3v) is 5.19. The Kier molecular flexibility index (Phi) is 4.65. The van der Waals surface area contributed by atoms with Crippen LogP contribution in [-0.2, 0) is 10.0 Å². The SMILES string of the molecule is Cc1ccc(S(=O)(=O)NN=Cc2coc3cc(C)cc(C)c3c2=O)cc1. The molecule has 1 N–H and O–H groups in total. The summed E-state index contributed by atoms with van der Waals surface area (Å²) in [4.78, 5) is 14.8. The van der Waals surface area contributed by atoms with Crippen molar-refractivity contribution in [3.63, 3.8) is 0 Å². The van der Waals surface area contributed by atoms with Gasteiger partial charge in [0.1, 0.15) is 11.8 Å². The lowest BCUT2D eigenvalue weighted by Gasteiger charge is -2.05. The average Bonchev–Trinajstić information content (AvgIpc) is 2.56. The molecule has 0 fully saturated rings. The number of hydrogen-bond donors (Lipinski definition) is 1. The maximum absolute atomic E-state index is 12.6. The van der Waals surface area contributed by atoms with Crippen LogP contribution in [0, 0.1) is 20.8 Å². The molecule has 0 aliphatic carbocycles. The highest BCUT2D eigenvalue weighted by Crippen LogP contribution is 2.17. The first kappa shape index (κ1) is 17.9. The molecule has 3 rings (SSSR count). The normalized spacial score (nSPS) is 12.0. The molecule has 0 saturated heterocycles. The Morgan fingerprint density at radius 3 is 2.42 bits per heavy atom. The summed E-state index contributed by atoms with van der Waals surface area (Å²) in [6.07, 6.45) is 2.42. The molecule has 7 heteroatoms. The highest BCUT2D eigenvalue weighted by molar-refractivity contribution is 7.89. The van der Waals surface area contributed by atoms with Gasteiger partial charge >= 0.3 is 0 Å². The van der Waals surface area contributed by atoms with E-state index in [1.165, 1.54) is 18.4 Å². The lowest BCUT2D eigenvalue weighted by molar-refractivity contribution is 0.584. The van der Waals surface area contributed by atoms with Crippen LogP contribution in [-0.4, -0.2) is 14.6 Å². The number of aryl methyl sites for hydroxylation is 3. The van der Waals surface area contributed by atoms with Crippen LogP contribution in [0.2, 0.25) is 0 Å². The summed E-state index contributed by atoms with van der Waals surface area (Å²) in [5, 5.41) is 4.16. The molecule has 0 aliphatic heterocycles. The molecule has 134 valence electrons. The van der Waals surface area contributed by atoms with E-state index in [1.54, 1.807) is 18.2 Å². The predicted molar refractivity (Wildman–Crippen MR) is 101 cm³/mol. The molecule has 0 aliphatic rings. The average molecular weight is 370 g/mol. The second kappa shape index (κ2) is 6.76. The van der Waals surface area contributed by atoms with E-state index in [1.807, 2.05) is 26.8 Å². The van der Waals surface area contributed by atoms with Gasteiger partial charge in [-0.1, -0.05) is 23.8 Å². The van der Waals surface area contributed by atoms with E-state index in [2.05, 4.69) is 9.93 Å². The lowest BCUT2D eigenvalue weighted by Crippen LogP contribution is -2.19. The monoisotopic (exact) mass is 370 g/mol. The third-order valence-electron chi connectivity index (χ3n) is 3.95. The first-order valence-corrected chi connectivity index (χ1v) is 9.40. The Balaban J connectivity index is 1.90. The standard InChI is InChI=1S/C19H18N2O4S/c1-12-4-6-16(7-5-12)26(23,24)21-20-10-15-11-25-17-9-13(2)8-14(3)18(17)19(15)22/h4-11,21H,1-3H3. The number of fused-ring (bicyclic) bond motifs is 1. The number of benzene rings is 2. The van der Waals surface area contributed by atoms with Gasteiger partial charge in [0.25, 0.3) is 10.0 Å². The van der Waals surface area contributed by atoms with Crippen molar-refractivity contribution in [1.82, 2.24) is 4.83 Å². The van der Waals surface area contributed by atoms with E-state index in [9.17, 15) is 13.2 Å². The zero-order chi connectivity index (χ0) is 18.9. The van der Waals surface area contributed by atoms with E-state index >= 15 is 0 Å². The van der Waals surface area contributed by atoms with Crippen LogP contribution in [0.5, 0.6) is 0 Å². The van der Waals surface area contributed by atoms with Gasteiger partial charge in [0, 0.05) is 0 Å². The largest absolute Gasteiger partial charge is 0.463 e. The summed E-state index contributed by atoms with van der Waals surface area (Å²) in [7, 11) is -3.80. The van der Waals surface area contributed by atoms with Crippen molar-refractivity contribution < 1.29 is 12.8 Å². The zero-order valence-electron chi connectivity index (χ0n) is 14.6. The highest BCUT2D eigenvalue weighted by Gasteiger charge is 2.13. The lowest BCUT2D eigenvalue weighted by atomic mass is 10.1. The summed E-state index contributed by atoms with van der Waals surface area (Å²) < 4.78 is 29.9. The van der Waals surface area contributed by atoms with E-state index in [0.29, 0.717) is 11.0 Å². The maximum Gasteiger partial charge on any atom is 0.276 e. The molecule has 3 aromatic rings. The fraction of sp³-hybridized carbons (Fsp3) is 0.158. The van der Waals surface area contributed by atoms with Crippen molar-refractivity contribution in [1.29, 1.82) is 0 Å². The number of hydrogen-bond acceptors (Lipinski definition) is 5. The minimum Gasteiger partial charge on any atom is -0.463 e.